The van der Waals surface area contributed by atoms with Crippen LogP contribution in [0.2, 0.25) is 0 Å². The number of carbonyl (C=O) groups excluding carboxylic acids is 1. The van der Waals surface area contributed by atoms with Gasteiger partial charge < -0.3 is 25.6 Å². The van der Waals surface area contributed by atoms with Gasteiger partial charge in [0, 0.05) is 43.0 Å². The lowest BCUT2D eigenvalue weighted by Crippen LogP contribution is -2.43. The Morgan fingerprint density at radius 1 is 1.11 bits per heavy atom. The van der Waals surface area contributed by atoms with Gasteiger partial charge in [-0.15, -0.1) is 0 Å². The predicted octanol–water partition coefficient (Wildman–Crippen LogP) is 3.71. The van der Waals surface area contributed by atoms with Gasteiger partial charge in [0.2, 0.25) is 5.95 Å². The molecule has 1 saturated heterocycles. The number of halogens is 1. The van der Waals surface area contributed by atoms with Crippen LogP contribution in [0.25, 0.3) is 11.3 Å². The molecule has 8 nitrogen and oxygen atoms in total. The summed E-state index contributed by atoms with van der Waals surface area (Å²) in [5.41, 5.74) is 3.92. The van der Waals surface area contributed by atoms with Crippen LogP contribution >= 0.6 is 0 Å². The van der Waals surface area contributed by atoms with Gasteiger partial charge in [-0.05, 0) is 55.5 Å². The van der Waals surface area contributed by atoms with Crippen LogP contribution in [0.4, 0.5) is 21.7 Å². The summed E-state index contributed by atoms with van der Waals surface area (Å²) >= 11 is 0. The maximum absolute atomic E-state index is 14.9. The minimum absolute atomic E-state index is 0.108. The number of benzene rings is 2. The van der Waals surface area contributed by atoms with Crippen LogP contribution in [0.3, 0.4) is 0 Å². The van der Waals surface area contributed by atoms with E-state index in [2.05, 4.69) is 36.9 Å². The van der Waals surface area contributed by atoms with Crippen molar-refractivity contribution in [2.24, 2.45) is 0 Å². The highest BCUT2D eigenvalue weighted by Gasteiger charge is 2.52. The summed E-state index contributed by atoms with van der Waals surface area (Å²) < 4.78 is 21.0. The maximum atomic E-state index is 14.9. The first kappa shape index (κ1) is 21.6. The molecule has 3 N–H and O–H groups in total. The molecule has 0 bridgehead atoms. The largest absolute Gasteiger partial charge is 0.488 e. The van der Waals surface area contributed by atoms with E-state index >= 15 is 0 Å². The summed E-state index contributed by atoms with van der Waals surface area (Å²) in [4.78, 5) is 23.6. The van der Waals surface area contributed by atoms with Crippen molar-refractivity contribution in [1.82, 2.24) is 20.6 Å². The Labute approximate surface area is 208 Å². The smallest absolute Gasteiger partial charge is 0.252 e. The number of hydrogen-bond acceptors (Lipinski definition) is 7. The predicted molar refractivity (Wildman–Crippen MR) is 134 cm³/mol. The highest BCUT2D eigenvalue weighted by Crippen LogP contribution is 2.50. The average molecular weight is 487 g/mol. The number of ether oxygens (including phenoxy) is 1. The van der Waals surface area contributed by atoms with Gasteiger partial charge in [-0.3, -0.25) is 4.79 Å². The van der Waals surface area contributed by atoms with Crippen molar-refractivity contribution in [1.29, 1.82) is 0 Å². The van der Waals surface area contributed by atoms with E-state index < -0.39 is 5.82 Å². The first-order valence-electron chi connectivity index (χ1n) is 12.6. The van der Waals surface area contributed by atoms with Gasteiger partial charge in [0.25, 0.3) is 5.91 Å². The van der Waals surface area contributed by atoms with E-state index in [9.17, 15) is 9.18 Å². The van der Waals surface area contributed by atoms with Gasteiger partial charge >= 0.3 is 0 Å². The lowest BCUT2D eigenvalue weighted by Gasteiger charge is -2.30. The van der Waals surface area contributed by atoms with Crippen molar-refractivity contribution in [2.75, 3.05) is 36.4 Å². The molecule has 2 saturated carbocycles. The van der Waals surface area contributed by atoms with Gasteiger partial charge in [0.05, 0.1) is 23.5 Å². The molecule has 1 amide bonds. The molecule has 7 rings (SSSR count). The second kappa shape index (κ2) is 8.16. The van der Waals surface area contributed by atoms with Crippen LogP contribution in [-0.2, 0) is 5.54 Å². The van der Waals surface area contributed by atoms with Crippen molar-refractivity contribution in [3.05, 3.63) is 59.5 Å². The number of carbonyl (C=O) groups is 1. The molecule has 2 aliphatic carbocycles. The Hall–Kier alpha value is -3.72. The number of nitrogens with zero attached hydrogens (tertiary/aromatic N) is 3. The quantitative estimate of drug-likeness (QED) is 0.489. The average Bonchev–Trinajstić information content (AvgIpc) is 3.83. The van der Waals surface area contributed by atoms with Crippen LogP contribution in [-0.4, -0.2) is 48.2 Å². The number of aromatic nitrogens is 2. The van der Waals surface area contributed by atoms with Gasteiger partial charge in [0.15, 0.2) is 5.82 Å². The standard InChI is InChI=1S/C27H27FN6O2/c28-21-15-30-26(32-24(21)16-1-5-20-19(13-16)25(35)33-27(20)7-8-27)31-22-14-17(34-11-9-29-10-12-34)2-6-23(22)36-18-3-4-18/h1-2,5-6,13-15,18,29H,3-4,7-12H2,(H,33,35)(H,30,31,32). The van der Waals surface area contributed by atoms with Crippen LogP contribution < -0.4 is 25.6 Å². The van der Waals surface area contributed by atoms with Crippen molar-refractivity contribution in [3.63, 3.8) is 0 Å². The number of hydrogen-bond donors (Lipinski definition) is 3. The third-order valence-corrected chi connectivity index (χ3v) is 7.41. The van der Waals surface area contributed by atoms with E-state index in [1.165, 1.54) is 6.20 Å². The van der Waals surface area contributed by atoms with Crippen molar-refractivity contribution >= 4 is 23.2 Å². The van der Waals surface area contributed by atoms with Crippen molar-refractivity contribution < 1.29 is 13.9 Å². The third kappa shape index (κ3) is 3.83. The number of piperazine rings is 1. The molecule has 0 radical (unpaired) electrons. The fourth-order valence-electron chi connectivity index (χ4n) is 5.12. The zero-order chi connectivity index (χ0) is 24.3. The Bertz CT molecular complexity index is 1360. The molecule has 1 spiro atoms. The van der Waals surface area contributed by atoms with Gasteiger partial charge in [-0.25, -0.2) is 14.4 Å². The van der Waals surface area contributed by atoms with Gasteiger partial charge in [-0.1, -0.05) is 12.1 Å². The molecule has 9 heteroatoms. The third-order valence-electron chi connectivity index (χ3n) is 7.41. The summed E-state index contributed by atoms with van der Waals surface area (Å²) in [6, 6.07) is 11.6. The summed E-state index contributed by atoms with van der Waals surface area (Å²) in [5.74, 6) is 0.357. The van der Waals surface area contributed by atoms with E-state index in [0.717, 1.165) is 74.6 Å². The number of anilines is 3. The molecule has 2 aromatic carbocycles. The topological polar surface area (TPSA) is 91.4 Å². The molecule has 3 heterocycles. The summed E-state index contributed by atoms with van der Waals surface area (Å²) in [7, 11) is 0. The second-order valence-electron chi connectivity index (χ2n) is 10.0. The first-order valence-corrected chi connectivity index (χ1v) is 12.6. The Morgan fingerprint density at radius 2 is 1.94 bits per heavy atom. The number of amides is 1. The van der Waals surface area contributed by atoms with Gasteiger partial charge in [-0.2, -0.15) is 0 Å². The summed E-state index contributed by atoms with van der Waals surface area (Å²) in [5, 5.41) is 9.71. The fourth-order valence-corrected chi connectivity index (χ4v) is 5.12. The lowest BCUT2D eigenvalue weighted by atomic mass is 9.99. The molecular weight excluding hydrogens is 459 g/mol. The lowest BCUT2D eigenvalue weighted by molar-refractivity contribution is 0.0952. The minimum Gasteiger partial charge on any atom is -0.488 e. The summed E-state index contributed by atoms with van der Waals surface area (Å²) in [6.45, 7) is 3.72. The molecule has 0 atom stereocenters. The molecule has 1 aromatic heterocycles. The van der Waals surface area contributed by atoms with Crippen LogP contribution in [0.1, 0.15) is 41.6 Å². The molecule has 0 unspecified atom stereocenters. The molecule has 36 heavy (non-hydrogen) atoms. The highest BCUT2D eigenvalue weighted by atomic mass is 19.1. The minimum atomic E-state index is -0.538. The van der Waals surface area contributed by atoms with E-state index in [1.807, 2.05) is 24.3 Å². The second-order valence-corrected chi connectivity index (χ2v) is 10.0. The zero-order valence-electron chi connectivity index (χ0n) is 19.8. The van der Waals surface area contributed by atoms with E-state index in [-0.39, 0.29) is 29.2 Å². The van der Waals surface area contributed by atoms with E-state index in [0.29, 0.717) is 11.1 Å². The van der Waals surface area contributed by atoms with E-state index in [1.54, 1.807) is 6.07 Å². The van der Waals surface area contributed by atoms with Crippen molar-refractivity contribution in [3.8, 4) is 17.0 Å². The SMILES string of the molecule is O=C1NC2(CC2)c2ccc(-c3nc(Nc4cc(N5CCNCC5)ccc4OC4CC4)ncc3F)cc21. The van der Waals surface area contributed by atoms with Crippen LogP contribution in [0.15, 0.2) is 42.6 Å². The fraction of sp³-hybridized carbons (Fsp3) is 0.370. The highest BCUT2D eigenvalue weighted by molar-refractivity contribution is 6.01. The molecule has 3 fully saturated rings. The summed E-state index contributed by atoms with van der Waals surface area (Å²) in [6.07, 6.45) is 5.38. The molecule has 3 aromatic rings. The zero-order valence-corrected chi connectivity index (χ0v) is 19.8. The monoisotopic (exact) mass is 486 g/mol. The van der Waals surface area contributed by atoms with Crippen molar-refractivity contribution in [2.45, 2.75) is 37.3 Å². The molecule has 4 aliphatic rings. The maximum Gasteiger partial charge on any atom is 0.252 e. The van der Waals surface area contributed by atoms with Gasteiger partial charge in [0.1, 0.15) is 11.4 Å². The molecule has 184 valence electrons. The molecular formula is C27H27FN6O2. The Morgan fingerprint density at radius 3 is 2.72 bits per heavy atom. The first-order chi connectivity index (χ1) is 17.6. The Balaban J connectivity index is 1.21. The molecule has 2 aliphatic heterocycles. The van der Waals surface area contributed by atoms with Crippen LogP contribution in [0.5, 0.6) is 5.75 Å². The number of fused-ring (bicyclic) bond motifs is 2. The number of rotatable bonds is 6. The van der Waals surface area contributed by atoms with E-state index in [4.69, 9.17) is 4.74 Å². The van der Waals surface area contributed by atoms with Crippen LogP contribution in [0, 0.1) is 5.82 Å². The number of nitrogens with one attached hydrogen (secondary N) is 3. The Kier molecular flexibility index (Phi) is 4.89. The normalized spacial score (nSPS) is 19.7.